The van der Waals surface area contributed by atoms with Gasteiger partial charge in [-0.3, -0.25) is 4.79 Å². The number of hydrogen-bond acceptors (Lipinski definition) is 5. The third-order valence-corrected chi connectivity index (χ3v) is 5.23. The van der Waals surface area contributed by atoms with Gasteiger partial charge in [0.15, 0.2) is 6.61 Å². The number of nitrogens with one attached hydrogen (secondary N) is 1. The van der Waals surface area contributed by atoms with Crippen LogP contribution in [0.3, 0.4) is 0 Å². The van der Waals surface area contributed by atoms with Crippen LogP contribution in [0.1, 0.15) is 52.5 Å². The van der Waals surface area contributed by atoms with Crippen molar-refractivity contribution in [3.63, 3.8) is 0 Å². The first-order chi connectivity index (χ1) is 13.8. The summed E-state index contributed by atoms with van der Waals surface area (Å²) in [6.07, 6.45) is 2.30. The molecule has 1 aromatic rings. The van der Waals surface area contributed by atoms with E-state index in [0.29, 0.717) is 0 Å². The molecule has 1 aliphatic heterocycles. The molecule has 1 fully saturated rings. The summed E-state index contributed by atoms with van der Waals surface area (Å²) < 4.78 is 10.4. The van der Waals surface area contributed by atoms with Crippen molar-refractivity contribution in [2.75, 3.05) is 6.61 Å². The molecule has 1 saturated heterocycles. The molecule has 0 radical (unpaired) electrons. The fourth-order valence-electron chi connectivity index (χ4n) is 3.60. The SMILES string of the molecule is CC(C)[C@H](NC(=O)OCc1ccccc1)C(=O)OCC(=O)N1[C@H](C)CCC[C@H]1C. The molecule has 2 amide bonds. The number of carbonyl (C=O) groups excluding carboxylic acids is 3. The Bertz CT molecular complexity index is 682. The number of likely N-dealkylation sites (tertiary alicyclic amines) is 1. The van der Waals surface area contributed by atoms with Crippen molar-refractivity contribution in [1.29, 1.82) is 0 Å². The minimum absolute atomic E-state index is 0.107. The van der Waals surface area contributed by atoms with Crippen LogP contribution in [0.25, 0.3) is 0 Å². The molecule has 2 rings (SSSR count). The fourth-order valence-corrected chi connectivity index (χ4v) is 3.60. The Balaban J connectivity index is 1.85. The molecule has 7 heteroatoms. The van der Waals surface area contributed by atoms with E-state index < -0.39 is 18.1 Å². The maximum Gasteiger partial charge on any atom is 0.408 e. The van der Waals surface area contributed by atoms with Gasteiger partial charge in [0, 0.05) is 12.1 Å². The second kappa shape index (κ2) is 10.8. The lowest BCUT2D eigenvalue weighted by Gasteiger charge is -2.39. The van der Waals surface area contributed by atoms with Crippen LogP contribution in [0, 0.1) is 5.92 Å². The van der Waals surface area contributed by atoms with Crippen LogP contribution in [0.15, 0.2) is 30.3 Å². The second-order valence-electron chi connectivity index (χ2n) is 7.97. The number of rotatable bonds is 7. The molecule has 0 saturated carbocycles. The van der Waals surface area contributed by atoms with Crippen molar-refractivity contribution < 1.29 is 23.9 Å². The third kappa shape index (κ3) is 6.76. The van der Waals surface area contributed by atoms with E-state index in [1.807, 2.05) is 44.2 Å². The molecular weight excluding hydrogens is 372 g/mol. The molecule has 7 nitrogen and oxygen atoms in total. The van der Waals surface area contributed by atoms with Crippen molar-refractivity contribution >= 4 is 18.0 Å². The lowest BCUT2D eigenvalue weighted by molar-refractivity contribution is -0.157. The van der Waals surface area contributed by atoms with Gasteiger partial charge in [0.05, 0.1) is 0 Å². The molecule has 1 heterocycles. The van der Waals surface area contributed by atoms with Crippen LogP contribution in [-0.2, 0) is 25.7 Å². The molecule has 0 aliphatic carbocycles. The van der Waals surface area contributed by atoms with Crippen LogP contribution in [0.4, 0.5) is 4.79 Å². The van der Waals surface area contributed by atoms with Gasteiger partial charge >= 0.3 is 12.1 Å². The number of nitrogens with zero attached hydrogens (tertiary/aromatic N) is 1. The summed E-state index contributed by atoms with van der Waals surface area (Å²) >= 11 is 0. The van der Waals surface area contributed by atoms with Crippen molar-refractivity contribution in [2.45, 2.75) is 71.7 Å². The van der Waals surface area contributed by atoms with E-state index in [9.17, 15) is 14.4 Å². The molecule has 1 N–H and O–H groups in total. The number of alkyl carbamates (subject to hydrolysis) is 1. The topological polar surface area (TPSA) is 84.9 Å². The average Bonchev–Trinajstić information content (AvgIpc) is 2.69. The Morgan fingerprint density at radius 2 is 1.69 bits per heavy atom. The van der Waals surface area contributed by atoms with Crippen molar-refractivity contribution in [3.05, 3.63) is 35.9 Å². The zero-order valence-corrected chi connectivity index (χ0v) is 17.7. The Kier molecular flexibility index (Phi) is 8.49. The number of esters is 1. The Hall–Kier alpha value is -2.57. The van der Waals surface area contributed by atoms with Crippen LogP contribution in [0.2, 0.25) is 0 Å². The van der Waals surface area contributed by atoms with Gasteiger partial charge in [0.25, 0.3) is 5.91 Å². The summed E-state index contributed by atoms with van der Waals surface area (Å²) in [6, 6.07) is 8.65. The highest BCUT2D eigenvalue weighted by atomic mass is 16.6. The first-order valence-corrected chi connectivity index (χ1v) is 10.2. The minimum atomic E-state index is -0.887. The third-order valence-electron chi connectivity index (χ3n) is 5.23. The van der Waals surface area contributed by atoms with Crippen LogP contribution < -0.4 is 5.32 Å². The molecule has 0 unspecified atom stereocenters. The Morgan fingerprint density at radius 3 is 2.28 bits per heavy atom. The number of benzene rings is 1. The molecule has 0 spiro atoms. The van der Waals surface area contributed by atoms with E-state index in [4.69, 9.17) is 9.47 Å². The number of piperidine rings is 1. The van der Waals surface area contributed by atoms with Gasteiger partial charge in [-0.15, -0.1) is 0 Å². The Labute approximate surface area is 172 Å². The summed E-state index contributed by atoms with van der Waals surface area (Å²) in [6.45, 7) is 7.39. The number of hydrogen-bond donors (Lipinski definition) is 1. The monoisotopic (exact) mass is 404 g/mol. The summed E-state index contributed by atoms with van der Waals surface area (Å²) in [5.74, 6) is -1.05. The molecule has 0 bridgehead atoms. The highest BCUT2D eigenvalue weighted by molar-refractivity contribution is 5.85. The first kappa shape index (κ1) is 22.7. The summed E-state index contributed by atoms with van der Waals surface area (Å²) in [5, 5.41) is 2.55. The van der Waals surface area contributed by atoms with E-state index >= 15 is 0 Å². The first-order valence-electron chi connectivity index (χ1n) is 10.2. The largest absolute Gasteiger partial charge is 0.454 e. The summed E-state index contributed by atoms with van der Waals surface area (Å²) in [5.41, 5.74) is 0.849. The van der Waals surface area contributed by atoms with Gasteiger partial charge in [-0.05, 0) is 44.6 Å². The maximum absolute atomic E-state index is 12.5. The van der Waals surface area contributed by atoms with Crippen molar-refractivity contribution in [1.82, 2.24) is 10.2 Å². The lowest BCUT2D eigenvalue weighted by Crippen LogP contribution is -2.50. The van der Waals surface area contributed by atoms with Crippen molar-refractivity contribution in [3.8, 4) is 0 Å². The normalized spacial score (nSPS) is 20.1. The highest BCUT2D eigenvalue weighted by Gasteiger charge is 2.31. The molecule has 160 valence electrons. The summed E-state index contributed by atoms with van der Waals surface area (Å²) in [4.78, 5) is 38.9. The zero-order valence-electron chi connectivity index (χ0n) is 17.7. The van der Waals surface area contributed by atoms with Gasteiger partial charge in [-0.25, -0.2) is 9.59 Å². The van der Waals surface area contributed by atoms with Gasteiger partial charge < -0.3 is 19.7 Å². The minimum Gasteiger partial charge on any atom is -0.454 e. The number of amides is 2. The number of ether oxygens (including phenoxy) is 2. The standard InChI is InChI=1S/C22H32N2O5/c1-15(2)20(23-22(27)29-13-18-11-6-5-7-12-18)21(26)28-14-19(25)24-16(3)9-8-10-17(24)4/h5-7,11-12,15-17,20H,8-10,13-14H2,1-4H3,(H,23,27)/t16-,17-,20+/m1/s1. The zero-order chi connectivity index (χ0) is 21.4. The molecule has 29 heavy (non-hydrogen) atoms. The van der Waals surface area contributed by atoms with E-state index in [1.165, 1.54) is 0 Å². The quantitative estimate of drug-likeness (QED) is 0.705. The maximum atomic E-state index is 12.5. The van der Waals surface area contributed by atoms with E-state index in [-0.39, 0.29) is 37.1 Å². The van der Waals surface area contributed by atoms with Crippen LogP contribution in [-0.4, -0.2) is 47.6 Å². The molecule has 0 aromatic heterocycles. The second-order valence-corrected chi connectivity index (χ2v) is 7.97. The molecule has 3 atom stereocenters. The van der Waals surface area contributed by atoms with Crippen LogP contribution in [0.5, 0.6) is 0 Å². The average molecular weight is 405 g/mol. The smallest absolute Gasteiger partial charge is 0.408 e. The van der Waals surface area contributed by atoms with E-state index in [1.54, 1.807) is 18.7 Å². The lowest BCUT2D eigenvalue weighted by atomic mass is 9.97. The van der Waals surface area contributed by atoms with Gasteiger partial charge in [-0.2, -0.15) is 0 Å². The predicted octanol–water partition coefficient (Wildman–Crippen LogP) is 3.27. The number of carbonyl (C=O) groups is 3. The molecule has 1 aliphatic rings. The van der Waals surface area contributed by atoms with E-state index in [2.05, 4.69) is 5.32 Å². The van der Waals surface area contributed by atoms with Gasteiger partial charge in [0.2, 0.25) is 0 Å². The van der Waals surface area contributed by atoms with Gasteiger partial charge in [-0.1, -0.05) is 44.2 Å². The summed E-state index contributed by atoms with van der Waals surface area (Å²) in [7, 11) is 0. The fraction of sp³-hybridized carbons (Fsp3) is 0.591. The van der Waals surface area contributed by atoms with Gasteiger partial charge in [0.1, 0.15) is 12.6 Å². The highest BCUT2D eigenvalue weighted by Crippen LogP contribution is 2.22. The Morgan fingerprint density at radius 1 is 1.07 bits per heavy atom. The van der Waals surface area contributed by atoms with E-state index in [0.717, 1.165) is 24.8 Å². The molecule has 1 aromatic carbocycles. The predicted molar refractivity (Wildman–Crippen MR) is 109 cm³/mol. The molecular formula is C22H32N2O5. The van der Waals surface area contributed by atoms with Crippen molar-refractivity contribution in [2.24, 2.45) is 5.92 Å². The van der Waals surface area contributed by atoms with Crippen LogP contribution >= 0.6 is 0 Å².